The number of likely N-dealkylation sites (tertiary alicyclic amines) is 1. The zero-order valence-electron chi connectivity index (χ0n) is 9.70. The van der Waals surface area contributed by atoms with Crippen molar-refractivity contribution in [3.63, 3.8) is 0 Å². The summed E-state index contributed by atoms with van der Waals surface area (Å²) >= 11 is 11.6. The summed E-state index contributed by atoms with van der Waals surface area (Å²) in [6.07, 6.45) is 1.88. The van der Waals surface area contributed by atoms with Crippen LogP contribution in [0.3, 0.4) is 0 Å². The highest BCUT2D eigenvalue weighted by atomic mass is 35.7. The summed E-state index contributed by atoms with van der Waals surface area (Å²) in [6, 6.07) is 2.52. The third-order valence-electron chi connectivity index (χ3n) is 2.90. The van der Waals surface area contributed by atoms with Gasteiger partial charge in [0.15, 0.2) is 0 Å². The standard InChI is InChI=1S/C11H10Cl3NO3S/c12-8-5-7(11(16)15-3-1-2-4-15)6-9(10(8)13)19(14,17)18/h5-6H,1-4H2. The van der Waals surface area contributed by atoms with E-state index >= 15 is 0 Å². The highest BCUT2D eigenvalue weighted by molar-refractivity contribution is 8.13. The Hall–Kier alpha value is -0.490. The van der Waals surface area contributed by atoms with Gasteiger partial charge in [0.05, 0.1) is 10.0 Å². The predicted octanol–water partition coefficient (Wildman–Crippen LogP) is 3.16. The van der Waals surface area contributed by atoms with Crippen molar-refractivity contribution >= 4 is 48.8 Å². The van der Waals surface area contributed by atoms with Crippen LogP contribution >= 0.6 is 33.9 Å². The largest absolute Gasteiger partial charge is 0.339 e. The second kappa shape index (κ2) is 5.48. The van der Waals surface area contributed by atoms with Gasteiger partial charge in [-0.25, -0.2) is 8.42 Å². The van der Waals surface area contributed by atoms with Crippen molar-refractivity contribution in [2.75, 3.05) is 13.1 Å². The van der Waals surface area contributed by atoms with Crippen LogP contribution in [-0.2, 0) is 9.05 Å². The maximum absolute atomic E-state index is 12.2. The molecular weight excluding hydrogens is 333 g/mol. The third kappa shape index (κ3) is 3.16. The highest BCUT2D eigenvalue weighted by Gasteiger charge is 2.24. The topological polar surface area (TPSA) is 54.5 Å². The summed E-state index contributed by atoms with van der Waals surface area (Å²) in [5, 5.41) is -0.180. The van der Waals surface area contributed by atoms with Crippen LogP contribution in [0.4, 0.5) is 0 Å². The van der Waals surface area contributed by atoms with E-state index in [9.17, 15) is 13.2 Å². The average Bonchev–Trinajstić information content (AvgIpc) is 2.83. The van der Waals surface area contributed by atoms with E-state index in [-0.39, 0.29) is 26.4 Å². The minimum atomic E-state index is -4.05. The molecule has 0 unspecified atom stereocenters. The molecule has 1 fully saturated rings. The molecule has 0 saturated carbocycles. The van der Waals surface area contributed by atoms with Gasteiger partial charge in [0.2, 0.25) is 0 Å². The van der Waals surface area contributed by atoms with Gasteiger partial charge in [0.25, 0.3) is 15.0 Å². The summed E-state index contributed by atoms with van der Waals surface area (Å²) in [5.41, 5.74) is 0.176. The first-order chi connectivity index (χ1) is 8.80. The molecule has 1 amide bonds. The van der Waals surface area contributed by atoms with Crippen molar-refractivity contribution in [2.24, 2.45) is 0 Å². The molecule has 104 valence electrons. The Bertz CT molecular complexity index is 624. The molecule has 1 aliphatic heterocycles. The SMILES string of the molecule is O=C(c1cc(Cl)c(Cl)c(S(=O)(=O)Cl)c1)N1CCCC1. The summed E-state index contributed by atoms with van der Waals surface area (Å²) in [4.78, 5) is 13.5. The molecular formula is C11H10Cl3NO3S. The molecule has 2 rings (SSSR count). The van der Waals surface area contributed by atoms with E-state index in [1.807, 2.05) is 0 Å². The third-order valence-corrected chi connectivity index (χ3v) is 5.16. The fourth-order valence-electron chi connectivity index (χ4n) is 1.97. The lowest BCUT2D eigenvalue weighted by atomic mass is 10.2. The number of amides is 1. The lowest BCUT2D eigenvalue weighted by Crippen LogP contribution is -2.27. The average molecular weight is 343 g/mol. The Kier molecular flexibility index (Phi) is 4.30. The molecule has 1 aliphatic rings. The van der Waals surface area contributed by atoms with Gasteiger partial charge in [-0.2, -0.15) is 0 Å². The van der Waals surface area contributed by atoms with Crippen molar-refractivity contribution in [3.8, 4) is 0 Å². The molecule has 0 aliphatic carbocycles. The van der Waals surface area contributed by atoms with E-state index in [1.165, 1.54) is 6.07 Å². The van der Waals surface area contributed by atoms with Crippen LogP contribution < -0.4 is 0 Å². The van der Waals surface area contributed by atoms with E-state index in [2.05, 4.69) is 0 Å². The molecule has 8 heteroatoms. The van der Waals surface area contributed by atoms with Crippen LogP contribution in [0.5, 0.6) is 0 Å². The maximum Gasteiger partial charge on any atom is 0.262 e. The first-order valence-corrected chi connectivity index (χ1v) is 8.60. The van der Waals surface area contributed by atoms with Crippen molar-refractivity contribution < 1.29 is 13.2 Å². The maximum atomic E-state index is 12.2. The number of benzene rings is 1. The first kappa shape index (κ1) is 14.9. The zero-order valence-corrected chi connectivity index (χ0v) is 12.8. The minimum Gasteiger partial charge on any atom is -0.339 e. The lowest BCUT2D eigenvalue weighted by molar-refractivity contribution is 0.0792. The Labute approximate surface area is 125 Å². The number of carbonyl (C=O) groups is 1. The molecule has 1 saturated heterocycles. The molecule has 1 heterocycles. The Morgan fingerprint density at radius 3 is 2.26 bits per heavy atom. The molecule has 0 bridgehead atoms. The van der Waals surface area contributed by atoms with Crippen molar-refractivity contribution in [1.82, 2.24) is 4.90 Å². The lowest BCUT2D eigenvalue weighted by Gasteiger charge is -2.16. The predicted molar refractivity (Wildman–Crippen MR) is 74.6 cm³/mol. The van der Waals surface area contributed by atoms with Crippen molar-refractivity contribution in [3.05, 3.63) is 27.7 Å². The summed E-state index contributed by atoms with van der Waals surface area (Å²) in [6.45, 7) is 1.31. The highest BCUT2D eigenvalue weighted by Crippen LogP contribution is 2.33. The van der Waals surface area contributed by atoms with Gasteiger partial charge in [0.1, 0.15) is 4.90 Å². The van der Waals surface area contributed by atoms with Crippen LogP contribution in [0.15, 0.2) is 17.0 Å². The molecule has 4 nitrogen and oxygen atoms in total. The second-order valence-electron chi connectivity index (χ2n) is 4.21. The number of nitrogens with zero attached hydrogens (tertiary/aromatic N) is 1. The molecule has 0 N–H and O–H groups in total. The van der Waals surface area contributed by atoms with E-state index < -0.39 is 9.05 Å². The van der Waals surface area contributed by atoms with Crippen molar-refractivity contribution in [2.45, 2.75) is 17.7 Å². The Balaban J connectivity index is 2.48. The fraction of sp³-hybridized carbons (Fsp3) is 0.364. The molecule has 1 aromatic rings. The zero-order chi connectivity index (χ0) is 14.2. The first-order valence-electron chi connectivity index (χ1n) is 5.53. The van der Waals surface area contributed by atoms with Gasteiger partial charge in [-0.05, 0) is 25.0 Å². The molecule has 0 radical (unpaired) electrons. The molecule has 0 atom stereocenters. The van der Waals surface area contributed by atoms with Crippen LogP contribution in [-0.4, -0.2) is 32.3 Å². The molecule has 19 heavy (non-hydrogen) atoms. The van der Waals surface area contributed by atoms with Gasteiger partial charge >= 0.3 is 0 Å². The minimum absolute atomic E-state index is 0.00839. The fourth-order valence-corrected chi connectivity index (χ4v) is 3.73. The normalized spacial score (nSPS) is 15.8. The van der Waals surface area contributed by atoms with Crippen LogP contribution in [0, 0.1) is 0 Å². The number of rotatable bonds is 2. The number of halogens is 3. The van der Waals surface area contributed by atoms with E-state index in [0.717, 1.165) is 18.9 Å². The van der Waals surface area contributed by atoms with Gasteiger partial charge in [-0.15, -0.1) is 0 Å². The van der Waals surface area contributed by atoms with Gasteiger partial charge in [-0.1, -0.05) is 23.2 Å². The van der Waals surface area contributed by atoms with E-state index in [1.54, 1.807) is 4.90 Å². The number of carbonyl (C=O) groups excluding carboxylic acids is 1. The van der Waals surface area contributed by atoms with Crippen LogP contribution in [0.1, 0.15) is 23.2 Å². The van der Waals surface area contributed by atoms with Crippen molar-refractivity contribution in [1.29, 1.82) is 0 Å². The van der Waals surface area contributed by atoms with Gasteiger partial charge < -0.3 is 4.90 Å². The van der Waals surface area contributed by atoms with Crippen LogP contribution in [0.25, 0.3) is 0 Å². The van der Waals surface area contributed by atoms with E-state index in [4.69, 9.17) is 33.9 Å². The molecule has 0 spiro atoms. The van der Waals surface area contributed by atoms with Crippen LogP contribution in [0.2, 0.25) is 10.0 Å². The summed E-state index contributed by atoms with van der Waals surface area (Å²) in [5.74, 6) is -0.266. The number of hydrogen-bond acceptors (Lipinski definition) is 3. The number of hydrogen-bond donors (Lipinski definition) is 0. The summed E-state index contributed by atoms with van der Waals surface area (Å²) in [7, 11) is 1.23. The van der Waals surface area contributed by atoms with Gasteiger partial charge in [-0.3, -0.25) is 4.79 Å². The smallest absolute Gasteiger partial charge is 0.262 e. The quantitative estimate of drug-likeness (QED) is 0.776. The second-order valence-corrected chi connectivity index (χ2v) is 7.53. The Morgan fingerprint density at radius 2 is 1.74 bits per heavy atom. The Morgan fingerprint density at radius 1 is 1.16 bits per heavy atom. The monoisotopic (exact) mass is 341 g/mol. The molecule has 1 aromatic carbocycles. The van der Waals surface area contributed by atoms with E-state index in [0.29, 0.717) is 13.1 Å². The molecule has 0 aromatic heterocycles. The van der Waals surface area contributed by atoms with Gasteiger partial charge in [0, 0.05) is 29.3 Å². The summed E-state index contributed by atoms with van der Waals surface area (Å²) < 4.78 is 22.8.